The molecule has 4 unspecified atom stereocenters. The van der Waals surface area contributed by atoms with E-state index >= 15 is 0 Å². The molecule has 44 heavy (non-hydrogen) atoms. The number of nitrogens with two attached hydrogens (primary N) is 2. The molecular formula is C32H36N6O6. The number of carbonyl (C=O) groups is 4. The summed E-state index contributed by atoms with van der Waals surface area (Å²) in [6, 6.07) is 10.6. The minimum Gasteiger partial charge on any atom is -0.456 e. The van der Waals surface area contributed by atoms with E-state index in [-0.39, 0.29) is 24.9 Å². The van der Waals surface area contributed by atoms with Gasteiger partial charge in [0.2, 0.25) is 11.8 Å². The molecule has 12 nitrogen and oxygen atoms in total. The first-order valence-electron chi connectivity index (χ1n) is 14.8. The molecule has 0 fully saturated rings. The summed E-state index contributed by atoms with van der Waals surface area (Å²) in [5.74, 6) is -2.03. The van der Waals surface area contributed by atoms with Crippen LogP contribution < -0.4 is 22.1 Å². The van der Waals surface area contributed by atoms with Crippen LogP contribution in [0, 0.1) is 0 Å². The van der Waals surface area contributed by atoms with Gasteiger partial charge in [0.15, 0.2) is 0 Å². The largest absolute Gasteiger partial charge is 0.456 e. The van der Waals surface area contributed by atoms with Crippen molar-refractivity contribution in [1.29, 1.82) is 0 Å². The number of hydrogen-bond donors (Lipinski definition) is 6. The lowest BCUT2D eigenvalue weighted by Gasteiger charge is -2.29. The number of aromatic nitrogens is 2. The summed E-state index contributed by atoms with van der Waals surface area (Å²) in [5.41, 5.74) is 17.0. The predicted molar refractivity (Wildman–Crippen MR) is 163 cm³/mol. The normalized spacial score (nSPS) is 21.0. The second-order valence-corrected chi connectivity index (χ2v) is 11.6. The van der Waals surface area contributed by atoms with Crippen LogP contribution >= 0.6 is 0 Å². The lowest BCUT2D eigenvalue weighted by atomic mass is 9.89. The number of nitrogens with one attached hydrogen (secondary N) is 4. The quantitative estimate of drug-likeness (QED) is 0.158. The van der Waals surface area contributed by atoms with Gasteiger partial charge in [-0.3, -0.25) is 19.2 Å². The molecule has 0 saturated carbocycles. The van der Waals surface area contributed by atoms with Crippen LogP contribution in [0.3, 0.4) is 0 Å². The Hall–Kier alpha value is -4.68. The van der Waals surface area contributed by atoms with Gasteiger partial charge < -0.3 is 41.5 Å². The SMILES string of the molecule is CNC1Cc2c([nH]c3ccc(C(N)=O)cc23)C(OC(=O)CCC(=O)OC2CC(NC)Cc3c2[nH]c2ccc(C(N)=O)cc32)C1. The van der Waals surface area contributed by atoms with Crippen molar-refractivity contribution in [1.82, 2.24) is 20.6 Å². The van der Waals surface area contributed by atoms with Crippen molar-refractivity contribution in [2.24, 2.45) is 11.5 Å². The average molecular weight is 601 g/mol. The number of benzene rings is 2. The molecule has 4 atom stereocenters. The van der Waals surface area contributed by atoms with E-state index in [1.807, 2.05) is 14.1 Å². The molecule has 0 bridgehead atoms. The topological polar surface area (TPSA) is 194 Å². The molecule has 6 rings (SSSR count). The van der Waals surface area contributed by atoms with Crippen molar-refractivity contribution in [3.05, 3.63) is 70.0 Å². The van der Waals surface area contributed by atoms with E-state index < -0.39 is 36.0 Å². The first-order chi connectivity index (χ1) is 21.1. The predicted octanol–water partition coefficient (Wildman–Crippen LogP) is 2.56. The van der Waals surface area contributed by atoms with Crippen molar-refractivity contribution in [2.45, 2.75) is 62.8 Å². The fourth-order valence-corrected chi connectivity index (χ4v) is 6.54. The van der Waals surface area contributed by atoms with Crippen molar-refractivity contribution >= 4 is 45.6 Å². The number of rotatable bonds is 9. The van der Waals surface area contributed by atoms with Gasteiger partial charge in [-0.15, -0.1) is 0 Å². The third-order valence-corrected chi connectivity index (χ3v) is 8.89. The van der Waals surface area contributed by atoms with Crippen molar-refractivity contribution < 1.29 is 28.7 Å². The Morgan fingerprint density at radius 1 is 0.727 bits per heavy atom. The molecule has 2 amide bonds. The third-order valence-electron chi connectivity index (χ3n) is 8.89. The standard InChI is InChI=1S/C32H36N6O6/c1-35-17-11-21-19-9-15(31(33)41)3-5-23(19)37-29(21)25(13-17)43-27(39)7-8-28(40)44-26-14-18(36-2)12-22-20-10-16(32(34)42)4-6-24(20)38-30(22)26/h3-6,9-10,17-18,25-26,35-38H,7-8,11-14H2,1-2H3,(H2,33,41)(H2,34,42). The smallest absolute Gasteiger partial charge is 0.307 e. The Kier molecular flexibility index (Phi) is 7.87. The fourth-order valence-electron chi connectivity index (χ4n) is 6.54. The van der Waals surface area contributed by atoms with Crippen LogP contribution in [-0.2, 0) is 31.9 Å². The van der Waals surface area contributed by atoms with Gasteiger partial charge in [-0.2, -0.15) is 0 Å². The highest BCUT2D eigenvalue weighted by molar-refractivity contribution is 5.99. The molecular weight excluding hydrogens is 564 g/mol. The number of carbonyl (C=O) groups excluding carboxylic acids is 4. The Labute approximate surface area is 253 Å². The van der Waals surface area contributed by atoms with Crippen LogP contribution in [0.4, 0.5) is 0 Å². The molecule has 0 spiro atoms. The van der Waals surface area contributed by atoms with E-state index in [9.17, 15) is 19.2 Å². The summed E-state index contributed by atoms with van der Waals surface area (Å²) in [6.45, 7) is 0. The van der Waals surface area contributed by atoms with Crippen molar-refractivity contribution in [3.63, 3.8) is 0 Å². The number of hydrogen-bond acceptors (Lipinski definition) is 8. The molecule has 8 N–H and O–H groups in total. The van der Waals surface area contributed by atoms with E-state index in [0.29, 0.717) is 36.8 Å². The fraction of sp³-hybridized carbons (Fsp3) is 0.375. The van der Waals surface area contributed by atoms with E-state index in [0.717, 1.165) is 44.3 Å². The number of H-pyrrole nitrogens is 2. The van der Waals surface area contributed by atoms with Gasteiger partial charge in [-0.05, 0) is 74.5 Å². The maximum Gasteiger partial charge on any atom is 0.307 e. The van der Waals surface area contributed by atoms with Crippen LogP contribution in [0.1, 0.15) is 81.1 Å². The summed E-state index contributed by atoms with van der Waals surface area (Å²) in [4.78, 5) is 56.2. The average Bonchev–Trinajstić information content (AvgIpc) is 3.57. The van der Waals surface area contributed by atoms with Gasteiger partial charge in [0.1, 0.15) is 12.2 Å². The molecule has 2 aliphatic rings. The van der Waals surface area contributed by atoms with Crippen LogP contribution in [0.2, 0.25) is 0 Å². The van der Waals surface area contributed by atoms with E-state index in [2.05, 4.69) is 20.6 Å². The van der Waals surface area contributed by atoms with Crippen LogP contribution in [-0.4, -0.2) is 59.9 Å². The minimum atomic E-state index is -0.543. The number of amides is 2. The molecule has 0 saturated heterocycles. The molecule has 230 valence electrons. The van der Waals surface area contributed by atoms with Gasteiger partial charge >= 0.3 is 11.9 Å². The summed E-state index contributed by atoms with van der Waals surface area (Å²) in [6.07, 6.45) is 1.16. The summed E-state index contributed by atoms with van der Waals surface area (Å²) in [5, 5.41) is 8.28. The molecule has 2 aliphatic carbocycles. The highest BCUT2D eigenvalue weighted by Crippen LogP contribution is 2.39. The minimum absolute atomic E-state index is 0.0532. The second kappa shape index (κ2) is 11.8. The monoisotopic (exact) mass is 600 g/mol. The van der Waals surface area contributed by atoms with Gasteiger partial charge in [0.05, 0.1) is 24.2 Å². The van der Waals surface area contributed by atoms with Crippen LogP contribution in [0.15, 0.2) is 36.4 Å². The molecule has 12 heteroatoms. The van der Waals surface area contributed by atoms with Crippen LogP contribution in [0.25, 0.3) is 21.8 Å². The number of primary amides is 2. The third kappa shape index (κ3) is 5.53. The number of esters is 2. The maximum absolute atomic E-state index is 13.0. The zero-order chi connectivity index (χ0) is 31.1. The molecule has 2 aromatic heterocycles. The lowest BCUT2D eigenvalue weighted by Crippen LogP contribution is -2.35. The Balaban J connectivity index is 1.14. The lowest BCUT2D eigenvalue weighted by molar-refractivity contribution is -0.157. The summed E-state index contributed by atoms with van der Waals surface area (Å²) in [7, 11) is 3.71. The highest BCUT2D eigenvalue weighted by Gasteiger charge is 2.34. The second-order valence-electron chi connectivity index (χ2n) is 11.6. The first kappa shape index (κ1) is 29.4. The van der Waals surface area contributed by atoms with E-state index in [4.69, 9.17) is 20.9 Å². The summed E-state index contributed by atoms with van der Waals surface area (Å²) < 4.78 is 11.8. The zero-order valence-electron chi connectivity index (χ0n) is 24.6. The van der Waals surface area contributed by atoms with E-state index in [1.54, 1.807) is 36.4 Å². The Bertz CT molecular complexity index is 1660. The molecule has 0 radical (unpaired) electrons. The molecule has 4 aromatic rings. The van der Waals surface area contributed by atoms with Gasteiger partial charge in [-0.25, -0.2) is 0 Å². The van der Waals surface area contributed by atoms with E-state index in [1.165, 1.54) is 0 Å². The Morgan fingerprint density at radius 2 is 1.14 bits per heavy atom. The van der Waals surface area contributed by atoms with Gasteiger partial charge in [-0.1, -0.05) is 0 Å². The number of ether oxygens (including phenoxy) is 2. The number of fused-ring (bicyclic) bond motifs is 6. The maximum atomic E-state index is 13.0. The zero-order valence-corrected chi connectivity index (χ0v) is 24.6. The number of aromatic amines is 2. The molecule has 2 heterocycles. The molecule has 0 aliphatic heterocycles. The molecule has 2 aromatic carbocycles. The summed E-state index contributed by atoms with van der Waals surface area (Å²) >= 11 is 0. The first-order valence-corrected chi connectivity index (χ1v) is 14.8. The number of likely N-dealkylation sites (N-methyl/N-ethyl adjacent to an activating group) is 2. The van der Waals surface area contributed by atoms with Gasteiger partial charge in [0, 0.05) is 57.9 Å². The van der Waals surface area contributed by atoms with Gasteiger partial charge in [0.25, 0.3) is 0 Å². The highest BCUT2D eigenvalue weighted by atomic mass is 16.6. The Morgan fingerprint density at radius 3 is 1.50 bits per heavy atom. The van der Waals surface area contributed by atoms with Crippen molar-refractivity contribution in [3.8, 4) is 0 Å². The van der Waals surface area contributed by atoms with Crippen LogP contribution in [0.5, 0.6) is 0 Å². The van der Waals surface area contributed by atoms with Crippen molar-refractivity contribution in [2.75, 3.05) is 14.1 Å².